The van der Waals surface area contributed by atoms with Crippen molar-refractivity contribution in [2.24, 2.45) is 0 Å². The smallest absolute Gasteiger partial charge is 0.339 e. The third-order valence-corrected chi connectivity index (χ3v) is 3.35. The lowest BCUT2D eigenvalue weighted by molar-refractivity contribution is 0.0979. The highest BCUT2D eigenvalue weighted by Crippen LogP contribution is 2.40. The predicted octanol–water partition coefficient (Wildman–Crippen LogP) is -1.52. The van der Waals surface area contributed by atoms with E-state index in [4.69, 9.17) is 19.6 Å². The van der Waals surface area contributed by atoms with Crippen molar-refractivity contribution < 1.29 is 33.8 Å². The van der Waals surface area contributed by atoms with Gasteiger partial charge in [-0.2, -0.15) is 0 Å². The maximum Gasteiger partial charge on any atom is 0.339 e. The third kappa shape index (κ3) is 11.3. The van der Waals surface area contributed by atoms with Crippen LogP contribution in [-0.4, -0.2) is 80.3 Å². The highest BCUT2D eigenvalue weighted by atomic mass is 31.2. The molecule has 0 bridgehead atoms. The highest BCUT2D eigenvalue weighted by molar-refractivity contribution is 7.52. The third-order valence-electron chi connectivity index (χ3n) is 1.81. The van der Waals surface area contributed by atoms with Gasteiger partial charge in [-0.05, 0) is 14.1 Å². The molecule has 0 rings (SSSR count). The number of hydrogen-bond donors (Lipinski definition) is 5. The quantitative estimate of drug-likeness (QED) is 0.338. The first-order chi connectivity index (χ1) is 7.89. The Balaban J connectivity index is 4.57. The number of aliphatic hydroxyl groups is 1. The minimum Gasteiger partial charge on any atom is -0.390 e. The lowest BCUT2D eigenvalue weighted by atomic mass is 10.3. The Morgan fingerprint density at radius 3 is 1.61 bits per heavy atom. The van der Waals surface area contributed by atoms with Crippen LogP contribution >= 0.6 is 15.2 Å². The summed E-state index contributed by atoms with van der Waals surface area (Å²) in [5.74, 6) is 0. The van der Waals surface area contributed by atoms with Gasteiger partial charge in [0.15, 0.2) is 0 Å². The number of hydrogen-bond acceptors (Lipinski definition) is 5. The van der Waals surface area contributed by atoms with E-state index >= 15 is 0 Å². The highest BCUT2D eigenvalue weighted by Gasteiger charge is 2.27. The van der Waals surface area contributed by atoms with Crippen LogP contribution in [0.5, 0.6) is 0 Å². The molecule has 0 heterocycles. The second-order valence-electron chi connectivity index (χ2n) is 4.38. The fourth-order valence-corrected chi connectivity index (χ4v) is 3.09. The summed E-state index contributed by atoms with van der Waals surface area (Å²) in [6.45, 7) is -0.00673. The average molecular weight is 306 g/mol. The Morgan fingerprint density at radius 2 is 1.33 bits per heavy atom. The van der Waals surface area contributed by atoms with Crippen molar-refractivity contribution in [3.05, 3.63) is 0 Å². The molecule has 0 fully saturated rings. The summed E-state index contributed by atoms with van der Waals surface area (Å²) in [7, 11) is -5.49. The molecule has 0 radical (unpaired) electrons. The second-order valence-corrected chi connectivity index (χ2v) is 7.61. The molecule has 0 saturated carbocycles. The monoisotopic (exact) mass is 306 g/mol. The molecule has 9 nitrogen and oxygen atoms in total. The maximum absolute atomic E-state index is 10.8. The van der Waals surface area contributed by atoms with E-state index in [1.54, 1.807) is 19.0 Å². The topological polar surface area (TPSA) is 142 Å². The first-order valence-electron chi connectivity index (χ1n) is 5.03. The molecule has 11 heteroatoms. The van der Waals surface area contributed by atoms with E-state index in [0.29, 0.717) is 0 Å². The number of rotatable bonds is 8. The van der Waals surface area contributed by atoms with Crippen molar-refractivity contribution in [1.82, 2.24) is 9.80 Å². The van der Waals surface area contributed by atoms with Gasteiger partial charge in [-0.3, -0.25) is 14.0 Å². The van der Waals surface area contributed by atoms with E-state index in [1.807, 2.05) is 0 Å². The summed E-state index contributed by atoms with van der Waals surface area (Å²) in [6.07, 6.45) is -2.57. The van der Waals surface area contributed by atoms with E-state index in [2.05, 4.69) is 0 Å². The number of aliphatic hydroxyl groups excluding tert-OH is 1. The van der Waals surface area contributed by atoms with E-state index < -0.39 is 33.9 Å². The molecular weight excluding hydrogens is 286 g/mol. The van der Waals surface area contributed by atoms with Crippen LogP contribution in [0, 0.1) is 0 Å². The fraction of sp³-hybridized carbons (Fsp3) is 1.00. The average Bonchev–Trinajstić information content (AvgIpc) is 1.92. The molecule has 0 amide bonds. The van der Waals surface area contributed by atoms with Crippen molar-refractivity contribution in [2.45, 2.75) is 6.10 Å². The Hall–Kier alpha value is 0.180. The van der Waals surface area contributed by atoms with Gasteiger partial charge in [0, 0.05) is 13.1 Å². The number of likely N-dealkylation sites (N-methyl/N-ethyl adjacent to an activating group) is 1. The zero-order valence-corrected chi connectivity index (χ0v) is 12.0. The standard InChI is InChI=1S/C7H20N2O7P2/c1-8(2)3-7(10)4-9(5-17(11,12)13)6-18(14,15)16/h7,10H,3-6H2,1-2H3,(H2,11,12,13)(H2,14,15,16). The molecule has 0 aliphatic rings. The SMILES string of the molecule is CN(C)CC(O)CN(CP(=O)(O)O)CP(=O)(O)O. The van der Waals surface area contributed by atoms with Crippen LogP contribution in [0.15, 0.2) is 0 Å². The van der Waals surface area contributed by atoms with Crippen molar-refractivity contribution in [3.8, 4) is 0 Å². The van der Waals surface area contributed by atoms with E-state index in [-0.39, 0.29) is 13.1 Å². The van der Waals surface area contributed by atoms with Crippen LogP contribution in [0.3, 0.4) is 0 Å². The molecule has 0 saturated heterocycles. The Kier molecular flexibility index (Phi) is 7.16. The summed E-state index contributed by atoms with van der Waals surface area (Å²) >= 11 is 0. The zero-order chi connectivity index (χ0) is 14.6. The fourth-order valence-electron chi connectivity index (χ4n) is 1.46. The van der Waals surface area contributed by atoms with E-state index in [0.717, 1.165) is 4.90 Å². The van der Waals surface area contributed by atoms with Crippen LogP contribution in [-0.2, 0) is 9.13 Å². The maximum atomic E-state index is 10.8. The first kappa shape index (κ1) is 18.2. The molecule has 0 aromatic rings. The molecule has 18 heavy (non-hydrogen) atoms. The minimum atomic E-state index is -4.44. The van der Waals surface area contributed by atoms with Crippen molar-refractivity contribution in [1.29, 1.82) is 0 Å². The van der Waals surface area contributed by atoms with Crippen LogP contribution in [0.2, 0.25) is 0 Å². The summed E-state index contributed by atoms with van der Waals surface area (Å²) in [6, 6.07) is 0. The largest absolute Gasteiger partial charge is 0.390 e. The Labute approximate surface area is 105 Å². The van der Waals surface area contributed by atoms with Crippen molar-refractivity contribution >= 4 is 15.2 Å². The molecule has 1 unspecified atom stereocenters. The van der Waals surface area contributed by atoms with Crippen molar-refractivity contribution in [3.63, 3.8) is 0 Å². The van der Waals surface area contributed by atoms with Gasteiger partial charge < -0.3 is 29.6 Å². The van der Waals surface area contributed by atoms with Crippen LogP contribution in [0.25, 0.3) is 0 Å². The van der Waals surface area contributed by atoms with Crippen LogP contribution in [0.4, 0.5) is 0 Å². The van der Waals surface area contributed by atoms with Crippen molar-refractivity contribution in [2.75, 3.05) is 39.8 Å². The van der Waals surface area contributed by atoms with Gasteiger partial charge in [-0.25, -0.2) is 0 Å². The molecule has 0 aromatic heterocycles. The molecule has 5 N–H and O–H groups in total. The van der Waals surface area contributed by atoms with Gasteiger partial charge in [0.05, 0.1) is 6.10 Å². The minimum absolute atomic E-state index is 0.221. The predicted molar refractivity (Wildman–Crippen MR) is 65.1 cm³/mol. The lowest BCUT2D eigenvalue weighted by Gasteiger charge is -2.26. The molecular formula is C7H20N2O7P2. The van der Waals surface area contributed by atoms with Crippen LogP contribution in [0.1, 0.15) is 0 Å². The van der Waals surface area contributed by atoms with Crippen LogP contribution < -0.4 is 0 Å². The normalized spacial score (nSPS) is 15.4. The summed E-state index contributed by atoms with van der Waals surface area (Å²) in [4.78, 5) is 37.7. The molecule has 0 aliphatic heterocycles. The molecule has 0 aliphatic carbocycles. The lowest BCUT2D eigenvalue weighted by Crippen LogP contribution is -2.38. The molecule has 110 valence electrons. The van der Waals surface area contributed by atoms with Gasteiger partial charge in [-0.15, -0.1) is 0 Å². The number of nitrogens with zero attached hydrogens (tertiary/aromatic N) is 2. The second kappa shape index (κ2) is 7.09. The first-order valence-corrected chi connectivity index (χ1v) is 8.63. The summed E-state index contributed by atoms with van der Waals surface area (Å²) in [5.41, 5.74) is 0. The van der Waals surface area contributed by atoms with Gasteiger partial charge >= 0.3 is 15.2 Å². The Morgan fingerprint density at radius 1 is 0.944 bits per heavy atom. The van der Waals surface area contributed by atoms with Gasteiger partial charge in [0.1, 0.15) is 12.6 Å². The Bertz CT molecular complexity index is 315. The van der Waals surface area contributed by atoms with E-state index in [9.17, 15) is 14.2 Å². The van der Waals surface area contributed by atoms with Gasteiger partial charge in [-0.1, -0.05) is 0 Å². The molecule has 0 aromatic carbocycles. The van der Waals surface area contributed by atoms with Gasteiger partial charge in [0.2, 0.25) is 0 Å². The zero-order valence-electron chi connectivity index (χ0n) is 10.2. The van der Waals surface area contributed by atoms with E-state index in [1.165, 1.54) is 0 Å². The summed E-state index contributed by atoms with van der Waals surface area (Å²) in [5, 5.41) is 9.59. The molecule has 1 atom stereocenters. The summed E-state index contributed by atoms with van der Waals surface area (Å²) < 4.78 is 21.7. The van der Waals surface area contributed by atoms with Gasteiger partial charge in [0.25, 0.3) is 0 Å². The molecule has 0 spiro atoms.